The van der Waals surface area contributed by atoms with Gasteiger partial charge in [-0.05, 0) is 24.3 Å². The summed E-state index contributed by atoms with van der Waals surface area (Å²) < 4.78 is 6.73. The summed E-state index contributed by atoms with van der Waals surface area (Å²) in [6, 6.07) is 15.3. The van der Waals surface area contributed by atoms with Gasteiger partial charge in [-0.25, -0.2) is 0 Å². The van der Waals surface area contributed by atoms with Crippen molar-refractivity contribution in [3.8, 4) is 11.8 Å². The second kappa shape index (κ2) is 6.37. The van der Waals surface area contributed by atoms with Gasteiger partial charge < -0.3 is 10.5 Å². The Morgan fingerprint density at radius 2 is 1.95 bits per heavy atom. The highest BCUT2D eigenvalue weighted by molar-refractivity contribution is 9.10. The van der Waals surface area contributed by atoms with Crippen molar-refractivity contribution in [2.75, 3.05) is 0 Å². The molecule has 96 valence electrons. The van der Waals surface area contributed by atoms with Gasteiger partial charge in [0.05, 0.1) is 11.6 Å². The summed E-state index contributed by atoms with van der Waals surface area (Å²) in [7, 11) is 0. The van der Waals surface area contributed by atoms with Crippen molar-refractivity contribution in [1.29, 1.82) is 5.26 Å². The average Bonchev–Trinajstić information content (AvgIpc) is 2.46. The Morgan fingerprint density at radius 3 is 2.68 bits per heavy atom. The second-order valence-electron chi connectivity index (χ2n) is 4.01. The molecule has 0 unspecified atom stereocenters. The lowest BCUT2D eigenvalue weighted by Gasteiger charge is -2.11. The van der Waals surface area contributed by atoms with Crippen LogP contribution in [0.2, 0.25) is 0 Å². The van der Waals surface area contributed by atoms with Crippen molar-refractivity contribution >= 4 is 15.9 Å². The third kappa shape index (κ3) is 3.34. The highest BCUT2D eigenvalue weighted by atomic mass is 79.9. The monoisotopic (exact) mass is 316 g/mol. The van der Waals surface area contributed by atoms with E-state index in [1.54, 1.807) is 6.07 Å². The van der Waals surface area contributed by atoms with Crippen LogP contribution in [0.4, 0.5) is 0 Å². The first-order valence-corrected chi connectivity index (χ1v) is 6.63. The molecule has 0 fully saturated rings. The van der Waals surface area contributed by atoms with Crippen molar-refractivity contribution in [1.82, 2.24) is 0 Å². The minimum atomic E-state index is 0.359. The fraction of sp³-hybridized carbons (Fsp3) is 0.133. The predicted octanol–water partition coefficient (Wildman–Crippen LogP) is 3.36. The Balaban J connectivity index is 2.17. The molecule has 4 heteroatoms. The fourth-order valence-corrected chi connectivity index (χ4v) is 2.17. The molecule has 0 saturated heterocycles. The molecule has 0 radical (unpaired) electrons. The zero-order valence-corrected chi connectivity index (χ0v) is 11.9. The van der Waals surface area contributed by atoms with Crippen LogP contribution in [0.1, 0.15) is 16.7 Å². The number of halogens is 1. The third-order valence-electron chi connectivity index (χ3n) is 2.76. The molecule has 0 amide bonds. The van der Waals surface area contributed by atoms with Crippen LogP contribution in [-0.4, -0.2) is 0 Å². The predicted molar refractivity (Wildman–Crippen MR) is 77.5 cm³/mol. The Morgan fingerprint density at radius 1 is 1.16 bits per heavy atom. The number of nitrogens with zero attached hydrogens (tertiary/aromatic N) is 1. The van der Waals surface area contributed by atoms with Crippen molar-refractivity contribution in [2.24, 2.45) is 5.73 Å². The maximum absolute atomic E-state index is 9.02. The molecule has 0 heterocycles. The van der Waals surface area contributed by atoms with E-state index < -0.39 is 0 Å². The zero-order chi connectivity index (χ0) is 13.7. The summed E-state index contributed by atoms with van der Waals surface area (Å²) in [6.07, 6.45) is 0. The van der Waals surface area contributed by atoms with E-state index >= 15 is 0 Å². The van der Waals surface area contributed by atoms with Gasteiger partial charge in [0.15, 0.2) is 0 Å². The highest BCUT2D eigenvalue weighted by Crippen LogP contribution is 2.24. The van der Waals surface area contributed by atoms with Crippen molar-refractivity contribution < 1.29 is 4.74 Å². The minimum Gasteiger partial charge on any atom is -0.489 e. The van der Waals surface area contributed by atoms with Crippen LogP contribution < -0.4 is 10.5 Å². The van der Waals surface area contributed by atoms with Gasteiger partial charge in [-0.3, -0.25) is 0 Å². The van der Waals surface area contributed by atoms with Gasteiger partial charge in [-0.15, -0.1) is 0 Å². The zero-order valence-electron chi connectivity index (χ0n) is 10.3. The van der Waals surface area contributed by atoms with Gasteiger partial charge in [-0.1, -0.05) is 34.1 Å². The molecule has 0 aliphatic rings. The standard InChI is InChI=1S/C15H13BrN2O/c16-14-5-6-15(13(7-14)9-18)19-10-12-4-2-1-3-11(12)8-17/h1-7H,9-10,18H2. The first-order chi connectivity index (χ1) is 9.24. The lowest BCUT2D eigenvalue weighted by Crippen LogP contribution is -2.03. The molecule has 19 heavy (non-hydrogen) atoms. The molecule has 0 aromatic heterocycles. The van der Waals surface area contributed by atoms with Gasteiger partial charge in [0.1, 0.15) is 12.4 Å². The van der Waals surface area contributed by atoms with Crippen LogP contribution >= 0.6 is 15.9 Å². The van der Waals surface area contributed by atoms with Crippen LogP contribution in [0.3, 0.4) is 0 Å². The maximum Gasteiger partial charge on any atom is 0.124 e. The SMILES string of the molecule is N#Cc1ccccc1COc1ccc(Br)cc1CN. The molecule has 0 spiro atoms. The van der Waals surface area contributed by atoms with Crippen LogP contribution in [0.5, 0.6) is 5.75 Å². The third-order valence-corrected chi connectivity index (χ3v) is 3.26. The summed E-state index contributed by atoms with van der Waals surface area (Å²) in [5.74, 6) is 0.749. The summed E-state index contributed by atoms with van der Waals surface area (Å²) in [6.45, 7) is 0.771. The second-order valence-corrected chi connectivity index (χ2v) is 4.93. The van der Waals surface area contributed by atoms with Gasteiger partial charge in [0.25, 0.3) is 0 Å². The summed E-state index contributed by atoms with van der Waals surface area (Å²) >= 11 is 3.40. The average molecular weight is 317 g/mol. The Bertz CT molecular complexity index is 620. The van der Waals surface area contributed by atoms with Crippen molar-refractivity contribution in [3.63, 3.8) is 0 Å². The first kappa shape index (κ1) is 13.6. The molecule has 0 atom stereocenters. The number of benzene rings is 2. The Hall–Kier alpha value is -1.83. The number of hydrogen-bond acceptors (Lipinski definition) is 3. The number of rotatable bonds is 4. The molecule has 2 aromatic rings. The van der Waals surface area contributed by atoms with E-state index in [0.717, 1.165) is 21.3 Å². The topological polar surface area (TPSA) is 59.0 Å². The molecular weight excluding hydrogens is 304 g/mol. The quantitative estimate of drug-likeness (QED) is 0.940. The van der Waals surface area contributed by atoms with E-state index in [1.807, 2.05) is 36.4 Å². The van der Waals surface area contributed by atoms with E-state index in [0.29, 0.717) is 18.7 Å². The summed E-state index contributed by atoms with van der Waals surface area (Å²) in [5.41, 5.74) is 8.13. The summed E-state index contributed by atoms with van der Waals surface area (Å²) in [4.78, 5) is 0. The lowest BCUT2D eigenvalue weighted by molar-refractivity contribution is 0.302. The van der Waals surface area contributed by atoms with Gasteiger partial charge in [-0.2, -0.15) is 5.26 Å². The van der Waals surface area contributed by atoms with E-state index in [4.69, 9.17) is 15.7 Å². The highest BCUT2D eigenvalue weighted by Gasteiger charge is 2.05. The minimum absolute atomic E-state index is 0.359. The van der Waals surface area contributed by atoms with Gasteiger partial charge in [0, 0.05) is 22.1 Å². The molecule has 3 nitrogen and oxygen atoms in total. The van der Waals surface area contributed by atoms with Crippen LogP contribution in [0, 0.1) is 11.3 Å². The summed E-state index contributed by atoms with van der Waals surface area (Å²) in [5, 5.41) is 9.02. The molecule has 2 N–H and O–H groups in total. The molecule has 2 aromatic carbocycles. The maximum atomic E-state index is 9.02. The van der Waals surface area contributed by atoms with Crippen molar-refractivity contribution in [3.05, 3.63) is 63.6 Å². The fourth-order valence-electron chi connectivity index (χ4n) is 1.76. The van der Waals surface area contributed by atoms with Crippen LogP contribution in [0.15, 0.2) is 46.9 Å². The molecule has 0 bridgehead atoms. The largest absolute Gasteiger partial charge is 0.489 e. The van der Waals surface area contributed by atoms with Crippen LogP contribution in [-0.2, 0) is 13.2 Å². The molecular formula is C15H13BrN2O. The number of nitriles is 1. The van der Waals surface area contributed by atoms with E-state index in [-0.39, 0.29) is 0 Å². The smallest absolute Gasteiger partial charge is 0.124 e. The van der Waals surface area contributed by atoms with Crippen molar-refractivity contribution in [2.45, 2.75) is 13.2 Å². The van der Waals surface area contributed by atoms with E-state index in [9.17, 15) is 0 Å². The number of ether oxygens (including phenoxy) is 1. The van der Waals surface area contributed by atoms with Gasteiger partial charge in [0.2, 0.25) is 0 Å². The molecule has 0 aliphatic heterocycles. The van der Waals surface area contributed by atoms with Gasteiger partial charge >= 0.3 is 0 Å². The van der Waals surface area contributed by atoms with E-state index in [2.05, 4.69) is 22.0 Å². The number of hydrogen-bond donors (Lipinski definition) is 1. The molecule has 0 aliphatic carbocycles. The Kier molecular flexibility index (Phi) is 4.56. The molecule has 0 saturated carbocycles. The van der Waals surface area contributed by atoms with E-state index in [1.165, 1.54) is 0 Å². The number of nitrogens with two attached hydrogens (primary N) is 1. The molecule has 2 rings (SSSR count). The lowest BCUT2D eigenvalue weighted by atomic mass is 10.1. The Labute approximate surface area is 120 Å². The normalized spacial score (nSPS) is 9.95. The van der Waals surface area contributed by atoms with Crippen LogP contribution in [0.25, 0.3) is 0 Å². The first-order valence-electron chi connectivity index (χ1n) is 5.84.